The molecule has 41 heavy (non-hydrogen) atoms. The molecule has 0 N–H and O–H groups in total. The van der Waals surface area contributed by atoms with Crippen LogP contribution >= 0.6 is 0 Å². The van der Waals surface area contributed by atoms with Gasteiger partial charge in [-0.25, -0.2) is 0 Å². The van der Waals surface area contributed by atoms with Crippen LogP contribution in [0.5, 0.6) is 0 Å². The summed E-state index contributed by atoms with van der Waals surface area (Å²) in [4.78, 5) is 0. The number of hydrogen-bond donors (Lipinski definition) is 0. The van der Waals surface area contributed by atoms with E-state index in [1.807, 2.05) is 0 Å². The van der Waals surface area contributed by atoms with Crippen LogP contribution in [0.25, 0.3) is 0 Å². The van der Waals surface area contributed by atoms with Gasteiger partial charge in [0.05, 0.1) is 32.3 Å². The maximum absolute atomic E-state index is 2.57. The predicted octanol–water partition coefficient (Wildman–Crippen LogP) is 5.24. The fourth-order valence-electron chi connectivity index (χ4n) is 5.88. The summed E-state index contributed by atoms with van der Waals surface area (Å²) in [6.45, 7) is 29.4. The van der Waals surface area contributed by atoms with Gasteiger partial charge < -0.3 is 0 Å². The minimum atomic E-state index is -2.57. The van der Waals surface area contributed by atoms with Gasteiger partial charge in [-0.3, -0.25) is 0 Å². The summed E-state index contributed by atoms with van der Waals surface area (Å²) in [5, 5.41) is 12.1. The molecular weight excluding hydrogens is 573 g/mol. The summed E-state index contributed by atoms with van der Waals surface area (Å²) in [5.74, 6) is 0. The average molecular weight is 625 g/mol. The molecule has 0 heterocycles. The van der Waals surface area contributed by atoms with Crippen molar-refractivity contribution >= 4 is 81.9 Å². The minimum absolute atomic E-state index is 1.41. The van der Waals surface area contributed by atoms with E-state index in [2.05, 4.69) is 176 Å². The van der Waals surface area contributed by atoms with Crippen molar-refractivity contribution in [2.75, 3.05) is 0 Å². The van der Waals surface area contributed by atoms with Gasteiger partial charge >= 0.3 is 0 Å². The SMILES string of the molecule is C[Si](C)(C)c1ccc([Si](c2ccc([Si](C)(C)C)cc2)(c2ccc([Si](C)(C)C)cc2)c2ccc([Si](C)(C)C)cc2)cc1. The van der Waals surface area contributed by atoms with E-state index in [0.717, 1.165) is 0 Å². The Labute approximate surface area is 256 Å². The van der Waals surface area contributed by atoms with E-state index in [4.69, 9.17) is 0 Å². The highest BCUT2D eigenvalue weighted by atomic mass is 28.3. The lowest BCUT2D eigenvalue weighted by Gasteiger charge is -2.36. The van der Waals surface area contributed by atoms with Gasteiger partial charge in [0.2, 0.25) is 0 Å². The molecule has 0 atom stereocenters. The summed E-state index contributed by atoms with van der Waals surface area (Å²) in [6, 6.07) is 39.5. The summed E-state index contributed by atoms with van der Waals surface area (Å²) in [5.41, 5.74) is 0. The van der Waals surface area contributed by atoms with Gasteiger partial charge in [0.15, 0.2) is 8.07 Å². The Morgan fingerprint density at radius 1 is 0.220 bits per heavy atom. The summed E-state index contributed by atoms with van der Waals surface area (Å²) in [6.07, 6.45) is 0. The van der Waals surface area contributed by atoms with Gasteiger partial charge in [0.1, 0.15) is 0 Å². The molecule has 4 aromatic rings. The van der Waals surface area contributed by atoms with Crippen LogP contribution < -0.4 is 41.5 Å². The number of benzene rings is 4. The molecule has 0 nitrogen and oxygen atoms in total. The molecule has 0 spiro atoms. The first-order valence-electron chi connectivity index (χ1n) is 15.3. The van der Waals surface area contributed by atoms with Gasteiger partial charge in [0, 0.05) is 0 Å². The lowest BCUT2D eigenvalue weighted by molar-refractivity contribution is 1.65. The van der Waals surface area contributed by atoms with E-state index in [1.54, 1.807) is 0 Å². The van der Waals surface area contributed by atoms with Crippen LogP contribution in [-0.2, 0) is 0 Å². The van der Waals surface area contributed by atoms with Crippen molar-refractivity contribution in [1.82, 2.24) is 0 Å². The number of rotatable bonds is 8. The van der Waals surface area contributed by atoms with Gasteiger partial charge in [-0.2, -0.15) is 0 Å². The van der Waals surface area contributed by atoms with Crippen LogP contribution in [0.2, 0.25) is 78.6 Å². The molecule has 0 radical (unpaired) electrons. The first kappa shape index (κ1) is 31.9. The Bertz CT molecular complexity index is 1220. The molecular formula is C36H52Si5. The van der Waals surface area contributed by atoms with Crippen molar-refractivity contribution in [1.29, 1.82) is 0 Å². The Kier molecular flexibility index (Phi) is 8.73. The first-order chi connectivity index (χ1) is 18.8. The van der Waals surface area contributed by atoms with Crippen molar-refractivity contribution < 1.29 is 0 Å². The van der Waals surface area contributed by atoms with E-state index < -0.39 is 40.4 Å². The lowest BCUT2D eigenvalue weighted by atomic mass is 10.3. The van der Waals surface area contributed by atoms with Crippen molar-refractivity contribution in [2.24, 2.45) is 0 Å². The molecule has 0 aliphatic carbocycles. The molecule has 0 amide bonds. The van der Waals surface area contributed by atoms with Gasteiger partial charge in [-0.05, 0) is 20.7 Å². The zero-order valence-corrected chi connectivity index (χ0v) is 32.7. The topological polar surface area (TPSA) is 0 Å². The molecule has 0 aliphatic rings. The third-order valence-electron chi connectivity index (χ3n) is 8.74. The van der Waals surface area contributed by atoms with Crippen molar-refractivity contribution in [3.05, 3.63) is 97.1 Å². The standard InChI is InChI=1S/C36H52Si5/c1-37(2,3)29-13-21-33(22-14-29)41(34-23-15-30(16-24-34)38(4,5)6,35-25-17-31(18-26-35)39(7,8)9)36-27-19-32(20-28-36)40(10,11)12/h13-28H,1-12H3. The Balaban J connectivity index is 2.09. The molecule has 4 aromatic carbocycles. The van der Waals surface area contributed by atoms with Gasteiger partial charge in [-0.15, -0.1) is 0 Å². The van der Waals surface area contributed by atoms with E-state index in [0.29, 0.717) is 0 Å². The largest absolute Gasteiger partial charge is 0.179 e. The zero-order chi connectivity index (χ0) is 30.4. The highest BCUT2D eigenvalue weighted by Crippen LogP contribution is 2.13. The summed E-state index contributed by atoms with van der Waals surface area (Å²) in [7, 11) is -8.20. The normalized spacial score (nSPS) is 13.4. The second-order valence-electron chi connectivity index (χ2n) is 16.1. The molecule has 0 aliphatic heterocycles. The highest BCUT2D eigenvalue weighted by molar-refractivity contribution is 7.20. The smallest absolute Gasteiger partial charge is 0.0656 e. The molecule has 216 valence electrons. The molecule has 0 saturated carbocycles. The third kappa shape index (κ3) is 6.64. The minimum Gasteiger partial charge on any atom is -0.0656 e. The molecule has 0 bridgehead atoms. The van der Waals surface area contributed by atoms with E-state index in [-0.39, 0.29) is 0 Å². The summed E-state index contributed by atoms with van der Waals surface area (Å²) >= 11 is 0. The maximum atomic E-state index is 2.49. The molecule has 0 saturated heterocycles. The van der Waals surface area contributed by atoms with Crippen molar-refractivity contribution in [3.63, 3.8) is 0 Å². The highest BCUT2D eigenvalue weighted by Gasteiger charge is 2.42. The first-order valence-corrected chi connectivity index (χ1v) is 31.3. The second-order valence-corrected chi connectivity index (χ2v) is 40.2. The Hall–Kier alpha value is -2.04. The molecule has 0 fully saturated rings. The van der Waals surface area contributed by atoms with Crippen molar-refractivity contribution in [3.8, 4) is 0 Å². The molecule has 5 heteroatoms. The fourth-order valence-corrected chi connectivity index (χ4v) is 15.2. The summed E-state index contributed by atoms with van der Waals surface area (Å²) < 4.78 is 0. The average Bonchev–Trinajstić information content (AvgIpc) is 2.88. The van der Waals surface area contributed by atoms with Crippen LogP contribution in [-0.4, -0.2) is 40.4 Å². The molecule has 0 aromatic heterocycles. The Morgan fingerprint density at radius 2 is 0.341 bits per heavy atom. The van der Waals surface area contributed by atoms with Crippen LogP contribution in [0.3, 0.4) is 0 Å². The second kappa shape index (κ2) is 11.2. The quantitative estimate of drug-likeness (QED) is 0.186. The molecule has 0 unspecified atom stereocenters. The monoisotopic (exact) mass is 624 g/mol. The predicted molar refractivity (Wildman–Crippen MR) is 202 cm³/mol. The van der Waals surface area contributed by atoms with Crippen LogP contribution in [0.4, 0.5) is 0 Å². The number of hydrogen-bond acceptors (Lipinski definition) is 0. The Morgan fingerprint density at radius 3 is 0.463 bits per heavy atom. The fraction of sp³-hybridized carbons (Fsp3) is 0.333. The van der Waals surface area contributed by atoms with E-state index in [1.165, 1.54) is 41.5 Å². The van der Waals surface area contributed by atoms with Crippen LogP contribution in [0.1, 0.15) is 0 Å². The van der Waals surface area contributed by atoms with Crippen LogP contribution in [0.15, 0.2) is 97.1 Å². The van der Waals surface area contributed by atoms with Crippen molar-refractivity contribution in [2.45, 2.75) is 78.6 Å². The third-order valence-corrected chi connectivity index (χ3v) is 21.8. The zero-order valence-electron chi connectivity index (χ0n) is 27.7. The van der Waals surface area contributed by atoms with E-state index in [9.17, 15) is 0 Å². The maximum Gasteiger partial charge on any atom is 0.179 e. The van der Waals surface area contributed by atoms with E-state index >= 15 is 0 Å². The lowest BCUT2D eigenvalue weighted by Crippen LogP contribution is -2.75. The van der Waals surface area contributed by atoms with Gasteiger partial charge in [-0.1, -0.05) is 196 Å². The molecule has 4 rings (SSSR count). The van der Waals surface area contributed by atoms with Crippen LogP contribution in [0, 0.1) is 0 Å². The van der Waals surface area contributed by atoms with Gasteiger partial charge in [0.25, 0.3) is 0 Å².